The summed E-state index contributed by atoms with van der Waals surface area (Å²) < 4.78 is 0. The fourth-order valence-electron chi connectivity index (χ4n) is 0.660. The summed E-state index contributed by atoms with van der Waals surface area (Å²) in [5.74, 6) is 0. The van der Waals surface area contributed by atoms with Gasteiger partial charge in [0.2, 0.25) is 6.08 Å². The third-order valence-electron chi connectivity index (χ3n) is 1.13. The van der Waals surface area contributed by atoms with Crippen molar-refractivity contribution in [1.29, 1.82) is 0 Å². The zero-order valence-corrected chi connectivity index (χ0v) is 6.71. The molecule has 0 saturated heterocycles. The molecule has 1 rings (SSSR count). The molecule has 0 aliphatic carbocycles. The molecule has 5 nitrogen and oxygen atoms in total. The summed E-state index contributed by atoms with van der Waals surface area (Å²) in [5, 5.41) is 10.3. The first-order chi connectivity index (χ1) is 5.74. The van der Waals surface area contributed by atoms with E-state index in [1.54, 1.807) is 6.07 Å². The average molecular weight is 184 g/mol. The Kier molecular flexibility index (Phi) is 2.68. The van der Waals surface area contributed by atoms with E-state index in [0.29, 0.717) is 4.88 Å². The van der Waals surface area contributed by atoms with Crippen molar-refractivity contribution in [2.24, 2.45) is 4.99 Å². The molecule has 0 bridgehead atoms. The van der Waals surface area contributed by atoms with Crippen LogP contribution in [0.4, 0.5) is 5.00 Å². The van der Waals surface area contributed by atoms with Crippen molar-refractivity contribution < 1.29 is 9.72 Å². The maximum Gasteiger partial charge on any atom is 0.324 e. The fourth-order valence-corrected chi connectivity index (χ4v) is 1.40. The zero-order chi connectivity index (χ0) is 8.97. The molecule has 1 heterocycles. The molecule has 0 aliphatic heterocycles. The highest BCUT2D eigenvalue weighted by Crippen LogP contribution is 2.24. The quantitative estimate of drug-likeness (QED) is 0.309. The number of isocyanates is 1. The van der Waals surface area contributed by atoms with E-state index in [4.69, 9.17) is 0 Å². The van der Waals surface area contributed by atoms with Crippen LogP contribution in [0.3, 0.4) is 0 Å². The minimum absolute atomic E-state index is 0.0612. The van der Waals surface area contributed by atoms with Crippen molar-refractivity contribution in [3.63, 3.8) is 0 Å². The maximum atomic E-state index is 10.2. The number of nitro groups is 1. The summed E-state index contributed by atoms with van der Waals surface area (Å²) >= 11 is 1.01. The molecule has 0 atom stereocenters. The summed E-state index contributed by atoms with van der Waals surface area (Å²) in [6, 6.07) is 2.96. The molecule has 0 spiro atoms. The lowest BCUT2D eigenvalue weighted by Gasteiger charge is -1.82. The van der Waals surface area contributed by atoms with Crippen LogP contribution >= 0.6 is 11.3 Å². The molecule has 1 aromatic heterocycles. The molecule has 0 N–H and O–H groups in total. The molecular formula is C6H4N2O3S. The second-order valence-corrected chi connectivity index (χ2v) is 3.05. The lowest BCUT2D eigenvalue weighted by atomic mass is 10.5. The number of carbonyl (C=O) groups excluding carboxylic acids is 1. The van der Waals surface area contributed by atoms with E-state index < -0.39 is 4.92 Å². The van der Waals surface area contributed by atoms with Crippen molar-refractivity contribution in [1.82, 2.24) is 0 Å². The van der Waals surface area contributed by atoms with Gasteiger partial charge >= 0.3 is 5.00 Å². The molecule has 0 amide bonds. The SMILES string of the molecule is O=C=NCc1ccc([N+](=O)[O-])s1. The van der Waals surface area contributed by atoms with Gasteiger partial charge in [0, 0.05) is 10.9 Å². The molecule has 0 radical (unpaired) electrons. The van der Waals surface area contributed by atoms with Gasteiger partial charge in [0.15, 0.2) is 0 Å². The lowest BCUT2D eigenvalue weighted by molar-refractivity contribution is -0.380. The zero-order valence-electron chi connectivity index (χ0n) is 5.89. The highest BCUT2D eigenvalue weighted by molar-refractivity contribution is 7.15. The van der Waals surface area contributed by atoms with E-state index in [1.807, 2.05) is 0 Å². The van der Waals surface area contributed by atoms with Crippen molar-refractivity contribution in [2.75, 3.05) is 0 Å². The van der Waals surface area contributed by atoms with Gasteiger partial charge in [0.25, 0.3) is 0 Å². The van der Waals surface area contributed by atoms with Crippen molar-refractivity contribution >= 4 is 22.4 Å². The second kappa shape index (κ2) is 3.75. The maximum absolute atomic E-state index is 10.2. The van der Waals surface area contributed by atoms with Gasteiger partial charge in [-0.05, 0) is 6.07 Å². The predicted octanol–water partition coefficient (Wildman–Crippen LogP) is 1.49. The number of hydrogen-bond acceptors (Lipinski definition) is 5. The first-order valence-corrected chi connectivity index (χ1v) is 3.82. The van der Waals surface area contributed by atoms with Crippen LogP contribution in [0.5, 0.6) is 0 Å². The van der Waals surface area contributed by atoms with Crippen LogP contribution in [0.15, 0.2) is 17.1 Å². The summed E-state index contributed by atoms with van der Waals surface area (Å²) in [5.41, 5.74) is 0. The fraction of sp³-hybridized carbons (Fsp3) is 0.167. The lowest BCUT2D eigenvalue weighted by Crippen LogP contribution is -1.80. The van der Waals surface area contributed by atoms with Crippen molar-refractivity contribution in [3.05, 3.63) is 27.1 Å². The number of hydrogen-bond donors (Lipinski definition) is 0. The Morgan fingerprint density at radius 3 is 2.92 bits per heavy atom. The molecule has 0 aromatic carbocycles. The Hall–Kier alpha value is -1.52. The largest absolute Gasteiger partial charge is 0.324 e. The Labute approximate surface area is 71.5 Å². The van der Waals surface area contributed by atoms with Crippen LogP contribution in [0.2, 0.25) is 0 Å². The van der Waals surface area contributed by atoms with Crippen molar-refractivity contribution in [3.8, 4) is 0 Å². The number of aliphatic imine (C=N–C) groups is 1. The average Bonchev–Trinajstić information content (AvgIpc) is 2.48. The molecule has 1 aromatic rings. The van der Waals surface area contributed by atoms with Gasteiger partial charge in [-0.15, -0.1) is 0 Å². The molecule has 0 aliphatic rings. The van der Waals surface area contributed by atoms with Crippen LogP contribution < -0.4 is 0 Å². The summed E-state index contributed by atoms with van der Waals surface area (Å²) in [6.45, 7) is 0.169. The van der Waals surface area contributed by atoms with Crippen LogP contribution in [0.25, 0.3) is 0 Å². The van der Waals surface area contributed by atoms with Gasteiger partial charge in [-0.3, -0.25) is 10.1 Å². The molecule has 0 fully saturated rings. The molecule has 0 saturated carbocycles. The number of nitrogens with zero attached hydrogens (tertiary/aromatic N) is 2. The van der Waals surface area contributed by atoms with E-state index in [0.717, 1.165) is 11.3 Å². The topological polar surface area (TPSA) is 72.6 Å². The standard InChI is InChI=1S/C6H4N2O3S/c9-4-7-3-5-1-2-6(12-5)8(10)11/h1-2H,3H2. The van der Waals surface area contributed by atoms with Crippen LogP contribution in [0.1, 0.15) is 4.88 Å². The van der Waals surface area contributed by atoms with Gasteiger partial charge in [-0.2, -0.15) is 0 Å². The third kappa shape index (κ3) is 1.98. The van der Waals surface area contributed by atoms with Crippen molar-refractivity contribution in [2.45, 2.75) is 6.54 Å². The Bertz CT molecular complexity index is 340. The first-order valence-electron chi connectivity index (χ1n) is 3.01. The second-order valence-electron chi connectivity index (χ2n) is 1.90. The highest BCUT2D eigenvalue weighted by atomic mass is 32.1. The minimum atomic E-state index is -0.473. The normalized spacial score (nSPS) is 9.00. The van der Waals surface area contributed by atoms with Gasteiger partial charge in [0.1, 0.15) is 0 Å². The summed E-state index contributed by atoms with van der Waals surface area (Å²) in [4.78, 5) is 23.4. The highest BCUT2D eigenvalue weighted by Gasteiger charge is 2.08. The van der Waals surface area contributed by atoms with E-state index in [9.17, 15) is 14.9 Å². The monoisotopic (exact) mass is 184 g/mol. The van der Waals surface area contributed by atoms with Crippen LogP contribution in [0, 0.1) is 10.1 Å². The van der Waals surface area contributed by atoms with E-state index in [1.165, 1.54) is 12.1 Å². The summed E-state index contributed by atoms with van der Waals surface area (Å²) in [7, 11) is 0. The molecule has 12 heavy (non-hydrogen) atoms. The molecule has 0 unspecified atom stereocenters. The number of thiophene rings is 1. The summed E-state index contributed by atoms with van der Waals surface area (Å²) in [6.07, 6.45) is 1.37. The van der Waals surface area contributed by atoms with E-state index in [2.05, 4.69) is 4.99 Å². The van der Waals surface area contributed by atoms with Gasteiger partial charge in [-0.25, -0.2) is 9.79 Å². The smallest absolute Gasteiger partial charge is 0.258 e. The Balaban J connectivity index is 2.77. The molecule has 62 valence electrons. The number of rotatable bonds is 3. The van der Waals surface area contributed by atoms with Gasteiger partial charge in [0.05, 0.1) is 11.5 Å². The minimum Gasteiger partial charge on any atom is -0.258 e. The Morgan fingerprint density at radius 1 is 1.67 bits per heavy atom. The van der Waals surface area contributed by atoms with E-state index in [-0.39, 0.29) is 11.5 Å². The molecular weight excluding hydrogens is 180 g/mol. The van der Waals surface area contributed by atoms with E-state index >= 15 is 0 Å². The van der Waals surface area contributed by atoms with Crippen LogP contribution in [-0.2, 0) is 11.3 Å². The first kappa shape index (κ1) is 8.58. The Morgan fingerprint density at radius 2 is 2.42 bits per heavy atom. The van der Waals surface area contributed by atoms with Gasteiger partial charge < -0.3 is 0 Å². The van der Waals surface area contributed by atoms with Gasteiger partial charge in [-0.1, -0.05) is 11.3 Å². The molecule has 6 heteroatoms. The predicted molar refractivity (Wildman–Crippen MR) is 42.8 cm³/mol. The van der Waals surface area contributed by atoms with Crippen LogP contribution in [-0.4, -0.2) is 11.0 Å². The third-order valence-corrected chi connectivity index (χ3v) is 2.15.